The third-order valence-corrected chi connectivity index (χ3v) is 2.89. The highest BCUT2D eigenvalue weighted by Crippen LogP contribution is 2.20. The van der Waals surface area contributed by atoms with Crippen LogP contribution in [0.1, 0.15) is 17.3 Å². The predicted molar refractivity (Wildman–Crippen MR) is 78.9 cm³/mol. The number of benzene rings is 1. The monoisotopic (exact) mass is 282 g/mol. The van der Waals surface area contributed by atoms with Crippen LogP contribution < -0.4 is 10.6 Å². The molecular formula is C14H19ClN2O2. The average Bonchev–Trinajstić information content (AvgIpc) is 2.80. The molecule has 0 saturated heterocycles. The summed E-state index contributed by atoms with van der Waals surface area (Å²) in [6.07, 6.45) is 1.52. The minimum absolute atomic E-state index is 0. The van der Waals surface area contributed by atoms with Gasteiger partial charge in [-0.1, -0.05) is 25.1 Å². The number of furan rings is 1. The van der Waals surface area contributed by atoms with Gasteiger partial charge >= 0.3 is 0 Å². The zero-order valence-corrected chi connectivity index (χ0v) is 11.9. The van der Waals surface area contributed by atoms with Crippen molar-refractivity contribution in [1.29, 1.82) is 0 Å². The third-order valence-electron chi connectivity index (χ3n) is 2.89. The Morgan fingerprint density at radius 2 is 2.05 bits per heavy atom. The first-order valence-corrected chi connectivity index (χ1v) is 6.11. The number of nitrogens with one attached hydrogen (secondary N) is 2. The van der Waals surface area contributed by atoms with Gasteiger partial charge < -0.3 is 15.1 Å². The Bertz CT molecular complexity index is 539. The van der Waals surface area contributed by atoms with Crippen LogP contribution >= 0.6 is 12.4 Å². The summed E-state index contributed by atoms with van der Waals surface area (Å²) in [6, 6.07) is 7.54. The van der Waals surface area contributed by atoms with E-state index in [9.17, 15) is 4.79 Å². The Morgan fingerprint density at radius 3 is 2.79 bits per heavy atom. The van der Waals surface area contributed by atoms with Crippen molar-refractivity contribution in [1.82, 2.24) is 10.6 Å². The van der Waals surface area contributed by atoms with Crippen LogP contribution in [0.25, 0.3) is 11.0 Å². The van der Waals surface area contributed by atoms with Crippen molar-refractivity contribution in [3.8, 4) is 0 Å². The van der Waals surface area contributed by atoms with E-state index in [1.54, 1.807) is 0 Å². The molecule has 4 nitrogen and oxygen atoms in total. The highest BCUT2D eigenvalue weighted by atomic mass is 35.5. The van der Waals surface area contributed by atoms with Crippen molar-refractivity contribution >= 4 is 29.3 Å². The topological polar surface area (TPSA) is 54.3 Å². The molecule has 0 bridgehead atoms. The van der Waals surface area contributed by atoms with Gasteiger partial charge in [-0.05, 0) is 25.6 Å². The SMILES string of the molecule is CNCC(C)CNC(=O)c1coc2ccccc12.Cl. The molecule has 104 valence electrons. The predicted octanol–water partition coefficient (Wildman–Crippen LogP) is 2.44. The lowest BCUT2D eigenvalue weighted by Crippen LogP contribution is -2.32. The average molecular weight is 283 g/mol. The zero-order valence-electron chi connectivity index (χ0n) is 11.1. The van der Waals surface area contributed by atoms with E-state index in [2.05, 4.69) is 17.6 Å². The summed E-state index contributed by atoms with van der Waals surface area (Å²) in [6.45, 7) is 3.62. The Kier molecular flexibility index (Phi) is 5.86. The molecule has 0 aliphatic rings. The molecule has 1 unspecified atom stereocenters. The molecule has 0 radical (unpaired) electrons. The third kappa shape index (κ3) is 3.72. The fourth-order valence-corrected chi connectivity index (χ4v) is 1.94. The number of rotatable bonds is 5. The van der Waals surface area contributed by atoms with Gasteiger partial charge in [0.2, 0.25) is 0 Å². The summed E-state index contributed by atoms with van der Waals surface area (Å²) in [7, 11) is 1.90. The number of fused-ring (bicyclic) bond motifs is 1. The molecule has 0 spiro atoms. The summed E-state index contributed by atoms with van der Waals surface area (Å²) < 4.78 is 5.35. The molecule has 2 rings (SSSR count). The fraction of sp³-hybridized carbons (Fsp3) is 0.357. The van der Waals surface area contributed by atoms with E-state index in [-0.39, 0.29) is 18.3 Å². The van der Waals surface area contributed by atoms with Gasteiger partial charge in [0.25, 0.3) is 5.91 Å². The number of hydrogen-bond acceptors (Lipinski definition) is 3. The second kappa shape index (κ2) is 7.16. The summed E-state index contributed by atoms with van der Waals surface area (Å²) in [4.78, 5) is 12.0. The van der Waals surface area contributed by atoms with E-state index in [4.69, 9.17) is 4.42 Å². The van der Waals surface area contributed by atoms with Crippen molar-refractivity contribution in [2.45, 2.75) is 6.92 Å². The van der Waals surface area contributed by atoms with Gasteiger partial charge in [-0.25, -0.2) is 0 Å². The number of carbonyl (C=O) groups is 1. The first kappa shape index (κ1) is 15.5. The minimum Gasteiger partial charge on any atom is -0.463 e. The number of carbonyl (C=O) groups excluding carboxylic acids is 1. The van der Waals surface area contributed by atoms with Crippen LogP contribution in [-0.2, 0) is 0 Å². The first-order valence-electron chi connectivity index (χ1n) is 6.11. The maximum Gasteiger partial charge on any atom is 0.255 e. The molecule has 1 aromatic carbocycles. The molecule has 1 aromatic heterocycles. The fourth-order valence-electron chi connectivity index (χ4n) is 1.94. The number of hydrogen-bond donors (Lipinski definition) is 2. The Hall–Kier alpha value is -1.52. The van der Waals surface area contributed by atoms with Crippen molar-refractivity contribution < 1.29 is 9.21 Å². The van der Waals surface area contributed by atoms with Crippen LogP contribution in [0.3, 0.4) is 0 Å². The number of amides is 1. The lowest BCUT2D eigenvalue weighted by molar-refractivity contribution is 0.0949. The second-order valence-corrected chi connectivity index (χ2v) is 4.52. The van der Waals surface area contributed by atoms with E-state index in [0.717, 1.165) is 17.5 Å². The van der Waals surface area contributed by atoms with Crippen molar-refractivity contribution in [3.63, 3.8) is 0 Å². The van der Waals surface area contributed by atoms with Crippen LogP contribution in [0.15, 0.2) is 34.9 Å². The van der Waals surface area contributed by atoms with Gasteiger partial charge in [-0.3, -0.25) is 4.79 Å². The molecule has 5 heteroatoms. The Balaban J connectivity index is 0.00000180. The van der Waals surface area contributed by atoms with Crippen molar-refractivity contribution in [2.24, 2.45) is 5.92 Å². The van der Waals surface area contributed by atoms with Crippen LogP contribution in [0.4, 0.5) is 0 Å². The molecule has 19 heavy (non-hydrogen) atoms. The smallest absolute Gasteiger partial charge is 0.255 e. The molecule has 1 atom stereocenters. The van der Waals surface area contributed by atoms with E-state index in [1.165, 1.54) is 6.26 Å². The van der Waals surface area contributed by atoms with Crippen molar-refractivity contribution in [2.75, 3.05) is 20.1 Å². The van der Waals surface area contributed by atoms with E-state index >= 15 is 0 Å². The van der Waals surface area contributed by atoms with Crippen LogP contribution in [0.5, 0.6) is 0 Å². The molecule has 0 aliphatic carbocycles. The normalized spacial score (nSPS) is 11.9. The quantitative estimate of drug-likeness (QED) is 0.886. The van der Waals surface area contributed by atoms with Crippen LogP contribution in [0, 0.1) is 5.92 Å². The maximum atomic E-state index is 12.0. The standard InChI is InChI=1S/C14H18N2O2.ClH/c1-10(7-15-2)8-16-14(17)12-9-18-13-6-4-3-5-11(12)13;/h3-6,9-10,15H,7-8H2,1-2H3,(H,16,17);1H. The summed E-state index contributed by atoms with van der Waals surface area (Å²) >= 11 is 0. The molecule has 0 saturated carbocycles. The molecular weight excluding hydrogens is 264 g/mol. The van der Waals surface area contributed by atoms with Gasteiger partial charge in [0.1, 0.15) is 11.8 Å². The van der Waals surface area contributed by atoms with Crippen LogP contribution in [0.2, 0.25) is 0 Å². The molecule has 1 amide bonds. The highest BCUT2D eigenvalue weighted by molar-refractivity contribution is 6.05. The summed E-state index contributed by atoms with van der Waals surface area (Å²) in [5, 5.41) is 6.87. The van der Waals surface area contributed by atoms with Gasteiger partial charge in [0.15, 0.2) is 0 Å². The maximum absolute atomic E-state index is 12.0. The molecule has 1 heterocycles. The lowest BCUT2D eigenvalue weighted by atomic mass is 10.1. The molecule has 0 aliphatic heterocycles. The Labute approximate surface area is 119 Å². The lowest BCUT2D eigenvalue weighted by Gasteiger charge is -2.11. The molecule has 2 N–H and O–H groups in total. The summed E-state index contributed by atoms with van der Waals surface area (Å²) in [5.41, 5.74) is 1.34. The van der Waals surface area contributed by atoms with Gasteiger partial charge in [-0.2, -0.15) is 0 Å². The number of para-hydroxylation sites is 1. The largest absolute Gasteiger partial charge is 0.463 e. The van der Waals surface area contributed by atoms with Gasteiger partial charge in [-0.15, -0.1) is 12.4 Å². The van der Waals surface area contributed by atoms with E-state index < -0.39 is 0 Å². The van der Waals surface area contributed by atoms with E-state index in [0.29, 0.717) is 18.0 Å². The molecule has 2 aromatic rings. The molecule has 0 fully saturated rings. The highest BCUT2D eigenvalue weighted by Gasteiger charge is 2.13. The van der Waals surface area contributed by atoms with Crippen LogP contribution in [-0.4, -0.2) is 26.0 Å². The van der Waals surface area contributed by atoms with Gasteiger partial charge in [0.05, 0.1) is 5.56 Å². The van der Waals surface area contributed by atoms with Crippen molar-refractivity contribution in [3.05, 3.63) is 36.1 Å². The Morgan fingerprint density at radius 1 is 1.32 bits per heavy atom. The van der Waals surface area contributed by atoms with E-state index in [1.807, 2.05) is 31.3 Å². The first-order chi connectivity index (χ1) is 8.72. The second-order valence-electron chi connectivity index (χ2n) is 4.52. The van der Waals surface area contributed by atoms with Gasteiger partial charge in [0, 0.05) is 11.9 Å². The summed E-state index contributed by atoms with van der Waals surface area (Å²) in [5.74, 6) is 0.319. The minimum atomic E-state index is -0.0806. The zero-order chi connectivity index (χ0) is 13.0. The number of halogens is 1.